The summed E-state index contributed by atoms with van der Waals surface area (Å²) < 4.78 is 3.10. The molecule has 0 aliphatic rings. The van der Waals surface area contributed by atoms with E-state index in [0.29, 0.717) is 6.42 Å². The third-order valence-electron chi connectivity index (χ3n) is 4.43. The lowest BCUT2D eigenvalue weighted by molar-refractivity contribution is -0.138. The lowest BCUT2D eigenvalue weighted by atomic mass is 9.97. The van der Waals surface area contributed by atoms with Crippen molar-refractivity contribution < 1.29 is 9.90 Å². The van der Waals surface area contributed by atoms with E-state index in [1.54, 1.807) is 11.3 Å². The van der Waals surface area contributed by atoms with Gasteiger partial charge in [0, 0.05) is 17.4 Å². The number of nitrogens with two attached hydrogens (primary N) is 1. The van der Waals surface area contributed by atoms with E-state index in [1.807, 2.05) is 55.6 Å². The number of hydrogen-bond donors (Lipinski definition) is 2. The standard InChI is InChI=1S/C19H17N3O2S/c1-2-14(18(23)24)12-5-8-16-17(9-12)25-19-21-15(10-22(16)19)11-3-6-13(20)7-4-11/h3-10,14H,2,20H2,1H3,(H,23,24). The van der Waals surface area contributed by atoms with Gasteiger partial charge in [0.05, 0.1) is 21.8 Å². The second kappa shape index (κ2) is 5.89. The van der Waals surface area contributed by atoms with Crippen LogP contribution in [0.2, 0.25) is 0 Å². The number of anilines is 1. The predicted octanol–water partition coefficient (Wildman–Crippen LogP) is 4.38. The van der Waals surface area contributed by atoms with E-state index in [9.17, 15) is 9.90 Å². The number of nitrogens with zero attached hydrogens (tertiary/aromatic N) is 2. The van der Waals surface area contributed by atoms with E-state index < -0.39 is 11.9 Å². The number of carboxylic acids is 1. The molecule has 0 fully saturated rings. The Morgan fingerprint density at radius 2 is 2.04 bits per heavy atom. The second-order valence-electron chi connectivity index (χ2n) is 6.03. The first-order valence-electron chi connectivity index (χ1n) is 8.07. The summed E-state index contributed by atoms with van der Waals surface area (Å²) in [5, 5.41) is 9.36. The summed E-state index contributed by atoms with van der Waals surface area (Å²) in [7, 11) is 0. The molecular formula is C19H17N3O2S. The number of rotatable bonds is 4. The maximum absolute atomic E-state index is 11.4. The molecule has 0 bridgehead atoms. The molecule has 25 heavy (non-hydrogen) atoms. The van der Waals surface area contributed by atoms with E-state index in [1.165, 1.54) is 0 Å². The minimum Gasteiger partial charge on any atom is -0.481 e. The lowest BCUT2D eigenvalue weighted by Crippen LogP contribution is -2.10. The summed E-state index contributed by atoms with van der Waals surface area (Å²) in [6, 6.07) is 13.5. The van der Waals surface area contributed by atoms with E-state index >= 15 is 0 Å². The molecule has 0 aliphatic carbocycles. The molecule has 3 N–H and O–H groups in total. The number of carbonyl (C=O) groups is 1. The van der Waals surface area contributed by atoms with Crippen LogP contribution in [0.25, 0.3) is 26.4 Å². The Balaban J connectivity index is 1.80. The SMILES string of the molecule is CCC(C(=O)O)c1ccc2c(c1)sc1nc(-c3ccc(N)cc3)cn12. The number of aliphatic carboxylic acids is 1. The highest BCUT2D eigenvalue weighted by Gasteiger charge is 2.19. The summed E-state index contributed by atoms with van der Waals surface area (Å²) in [6.45, 7) is 1.89. The largest absolute Gasteiger partial charge is 0.481 e. The van der Waals surface area contributed by atoms with Gasteiger partial charge in [0.2, 0.25) is 0 Å². The Labute approximate surface area is 148 Å². The van der Waals surface area contributed by atoms with Crippen LogP contribution < -0.4 is 5.73 Å². The van der Waals surface area contributed by atoms with Gasteiger partial charge in [-0.15, -0.1) is 0 Å². The number of aromatic nitrogens is 2. The monoisotopic (exact) mass is 351 g/mol. The van der Waals surface area contributed by atoms with Crippen molar-refractivity contribution in [1.29, 1.82) is 0 Å². The number of hydrogen-bond acceptors (Lipinski definition) is 4. The van der Waals surface area contributed by atoms with Crippen molar-refractivity contribution in [1.82, 2.24) is 9.38 Å². The highest BCUT2D eigenvalue weighted by Crippen LogP contribution is 2.32. The zero-order chi connectivity index (χ0) is 17.6. The fraction of sp³-hybridized carbons (Fsp3) is 0.158. The van der Waals surface area contributed by atoms with Crippen LogP contribution in [0.15, 0.2) is 48.7 Å². The molecule has 1 atom stereocenters. The third-order valence-corrected chi connectivity index (χ3v) is 5.45. The lowest BCUT2D eigenvalue weighted by Gasteiger charge is -2.09. The van der Waals surface area contributed by atoms with E-state index in [4.69, 9.17) is 10.7 Å². The molecule has 0 aliphatic heterocycles. The van der Waals surface area contributed by atoms with Crippen molar-refractivity contribution in [2.24, 2.45) is 0 Å². The van der Waals surface area contributed by atoms with Gasteiger partial charge in [0.15, 0.2) is 4.96 Å². The van der Waals surface area contributed by atoms with Gasteiger partial charge in [-0.25, -0.2) is 4.98 Å². The molecule has 0 spiro atoms. The van der Waals surface area contributed by atoms with Crippen LogP contribution in [-0.2, 0) is 4.79 Å². The molecule has 4 rings (SSSR count). The van der Waals surface area contributed by atoms with Gasteiger partial charge >= 0.3 is 5.97 Å². The van der Waals surface area contributed by atoms with Gasteiger partial charge in [-0.2, -0.15) is 0 Å². The Morgan fingerprint density at radius 3 is 2.72 bits per heavy atom. The first-order chi connectivity index (χ1) is 12.1. The van der Waals surface area contributed by atoms with Crippen molar-refractivity contribution in [3.05, 3.63) is 54.2 Å². The highest BCUT2D eigenvalue weighted by atomic mass is 32.1. The van der Waals surface area contributed by atoms with Gasteiger partial charge < -0.3 is 10.8 Å². The Hall–Kier alpha value is -2.86. The van der Waals surface area contributed by atoms with E-state index in [-0.39, 0.29) is 0 Å². The van der Waals surface area contributed by atoms with Crippen LogP contribution in [0.4, 0.5) is 5.69 Å². The molecule has 2 aromatic heterocycles. The van der Waals surface area contributed by atoms with Gasteiger partial charge in [0.25, 0.3) is 0 Å². The van der Waals surface area contributed by atoms with Crippen LogP contribution in [0, 0.1) is 0 Å². The first kappa shape index (κ1) is 15.7. The van der Waals surface area contributed by atoms with Crippen molar-refractivity contribution >= 4 is 38.2 Å². The number of imidazole rings is 1. The maximum Gasteiger partial charge on any atom is 0.310 e. The first-order valence-corrected chi connectivity index (χ1v) is 8.88. The molecule has 0 saturated carbocycles. The van der Waals surface area contributed by atoms with Crippen LogP contribution in [0.3, 0.4) is 0 Å². The molecule has 2 aromatic carbocycles. The number of nitrogen functional groups attached to an aromatic ring is 1. The zero-order valence-corrected chi connectivity index (χ0v) is 14.5. The average molecular weight is 351 g/mol. The molecule has 1 unspecified atom stereocenters. The van der Waals surface area contributed by atoms with Gasteiger partial charge in [0.1, 0.15) is 0 Å². The predicted molar refractivity (Wildman–Crippen MR) is 101 cm³/mol. The quantitative estimate of drug-likeness (QED) is 0.535. The normalized spacial score (nSPS) is 12.7. The Kier molecular flexibility index (Phi) is 3.69. The molecule has 4 aromatic rings. The topological polar surface area (TPSA) is 80.6 Å². The van der Waals surface area contributed by atoms with E-state index in [0.717, 1.165) is 37.7 Å². The molecule has 5 nitrogen and oxygen atoms in total. The van der Waals surface area contributed by atoms with Crippen molar-refractivity contribution in [3.63, 3.8) is 0 Å². The van der Waals surface area contributed by atoms with Crippen molar-refractivity contribution in [3.8, 4) is 11.3 Å². The molecule has 0 radical (unpaired) electrons. The van der Waals surface area contributed by atoms with Gasteiger partial charge in [-0.1, -0.05) is 36.5 Å². The molecule has 126 valence electrons. The summed E-state index contributed by atoms with van der Waals surface area (Å²) in [5.74, 6) is -1.25. The van der Waals surface area contributed by atoms with Gasteiger partial charge in [-0.3, -0.25) is 9.20 Å². The Morgan fingerprint density at radius 1 is 1.28 bits per heavy atom. The minimum atomic E-state index is -0.783. The fourth-order valence-electron chi connectivity index (χ4n) is 3.08. The van der Waals surface area contributed by atoms with Crippen LogP contribution in [-0.4, -0.2) is 20.5 Å². The summed E-state index contributed by atoms with van der Waals surface area (Å²) in [5.41, 5.74) is 10.3. The smallest absolute Gasteiger partial charge is 0.310 e. The third kappa shape index (κ3) is 2.64. The van der Waals surface area contributed by atoms with Gasteiger partial charge in [-0.05, 0) is 36.2 Å². The molecule has 0 amide bonds. The fourth-order valence-corrected chi connectivity index (χ4v) is 4.14. The van der Waals surface area contributed by atoms with Crippen LogP contribution in [0.5, 0.6) is 0 Å². The zero-order valence-electron chi connectivity index (χ0n) is 13.6. The number of thiazole rings is 1. The number of benzene rings is 2. The second-order valence-corrected chi connectivity index (χ2v) is 7.04. The number of carboxylic acid groups (broad SMARTS) is 1. The molecule has 2 heterocycles. The summed E-state index contributed by atoms with van der Waals surface area (Å²) in [6.07, 6.45) is 2.58. The molecule has 6 heteroatoms. The summed E-state index contributed by atoms with van der Waals surface area (Å²) in [4.78, 5) is 17.0. The molecular weight excluding hydrogens is 334 g/mol. The van der Waals surface area contributed by atoms with E-state index in [2.05, 4.69) is 4.40 Å². The van der Waals surface area contributed by atoms with Crippen molar-refractivity contribution in [2.75, 3.05) is 5.73 Å². The Bertz CT molecular complexity index is 1080. The molecule has 0 saturated heterocycles. The maximum atomic E-state index is 11.4. The minimum absolute atomic E-state index is 0.468. The average Bonchev–Trinajstić information content (AvgIpc) is 3.13. The summed E-state index contributed by atoms with van der Waals surface area (Å²) >= 11 is 1.57. The van der Waals surface area contributed by atoms with Crippen LogP contribution in [0.1, 0.15) is 24.8 Å². The van der Waals surface area contributed by atoms with Crippen molar-refractivity contribution in [2.45, 2.75) is 19.3 Å². The highest BCUT2D eigenvalue weighted by molar-refractivity contribution is 7.23. The van der Waals surface area contributed by atoms with Crippen LogP contribution >= 0.6 is 11.3 Å². The number of fused-ring (bicyclic) bond motifs is 3.